The van der Waals surface area contributed by atoms with E-state index in [1.54, 1.807) is 7.11 Å². The van der Waals surface area contributed by atoms with Crippen molar-refractivity contribution >= 4 is 5.78 Å². The van der Waals surface area contributed by atoms with E-state index in [1.807, 2.05) is 28.9 Å². The number of ketones is 1. The summed E-state index contributed by atoms with van der Waals surface area (Å²) in [4.78, 5) is 12.2. The Balaban J connectivity index is 1.31. The predicted octanol–water partition coefficient (Wildman–Crippen LogP) is 3.90. The molecule has 1 aromatic carbocycles. The lowest BCUT2D eigenvalue weighted by Gasteiger charge is -2.29. The van der Waals surface area contributed by atoms with Crippen molar-refractivity contribution in [3.8, 4) is 5.75 Å². The standard InChI is InChI=1S/C22H29N3O3/c1-27-20-8-6-17(7-9-20)22-14-19(26)13-21(28-22)10-11-25-15-18(23-24-25)12-16-4-2-3-5-16/h6-9,15-16,21-22H,2-5,10-14H2,1H3/t21-,22-/m1/s1. The molecule has 0 spiro atoms. The molecule has 6 heteroatoms. The van der Waals surface area contributed by atoms with Gasteiger partial charge in [-0.1, -0.05) is 43.0 Å². The second-order valence-corrected chi connectivity index (χ2v) is 8.08. The minimum atomic E-state index is -0.175. The SMILES string of the molecule is COc1ccc([C@H]2CC(=O)C[C@@H](CCn3cc(CC4CCCC4)nn3)O2)cc1. The molecule has 2 aliphatic rings. The van der Waals surface area contributed by atoms with E-state index in [1.165, 1.54) is 25.7 Å². The summed E-state index contributed by atoms with van der Waals surface area (Å²) in [5.74, 6) is 1.84. The van der Waals surface area contributed by atoms with Gasteiger partial charge in [0.2, 0.25) is 0 Å². The fourth-order valence-electron chi connectivity index (χ4n) is 4.39. The first-order valence-electron chi connectivity index (χ1n) is 10.4. The maximum Gasteiger partial charge on any atom is 0.138 e. The summed E-state index contributed by atoms with van der Waals surface area (Å²) in [6.45, 7) is 0.727. The van der Waals surface area contributed by atoms with E-state index in [2.05, 4.69) is 16.5 Å². The average Bonchev–Trinajstić information content (AvgIpc) is 3.38. The minimum absolute atomic E-state index is 0.0733. The second kappa shape index (κ2) is 8.86. The van der Waals surface area contributed by atoms with Gasteiger partial charge in [-0.2, -0.15) is 0 Å². The van der Waals surface area contributed by atoms with Crippen molar-refractivity contribution in [3.63, 3.8) is 0 Å². The van der Waals surface area contributed by atoms with E-state index in [0.717, 1.165) is 42.3 Å². The highest BCUT2D eigenvalue weighted by Gasteiger charge is 2.29. The quantitative estimate of drug-likeness (QED) is 0.725. The molecule has 1 aliphatic heterocycles. The van der Waals surface area contributed by atoms with Crippen molar-refractivity contribution in [2.75, 3.05) is 7.11 Å². The number of carbonyl (C=O) groups is 1. The highest BCUT2D eigenvalue weighted by atomic mass is 16.5. The zero-order valence-corrected chi connectivity index (χ0v) is 16.5. The average molecular weight is 383 g/mol. The van der Waals surface area contributed by atoms with Crippen LogP contribution in [0.2, 0.25) is 0 Å². The lowest BCUT2D eigenvalue weighted by atomic mass is 9.96. The molecule has 4 rings (SSSR count). The Bertz CT molecular complexity index is 781. The Hall–Kier alpha value is -2.21. The molecule has 6 nitrogen and oxygen atoms in total. The molecule has 1 saturated carbocycles. The number of rotatable bonds is 7. The first-order valence-corrected chi connectivity index (χ1v) is 10.4. The molecule has 0 unspecified atom stereocenters. The smallest absolute Gasteiger partial charge is 0.138 e. The van der Waals surface area contributed by atoms with Crippen molar-refractivity contribution in [2.24, 2.45) is 5.92 Å². The van der Waals surface area contributed by atoms with E-state index in [9.17, 15) is 4.79 Å². The number of aromatic nitrogens is 3. The molecule has 150 valence electrons. The molecule has 1 aliphatic carbocycles. The van der Waals surface area contributed by atoms with Gasteiger partial charge in [-0.15, -0.1) is 5.10 Å². The van der Waals surface area contributed by atoms with Gasteiger partial charge in [-0.25, -0.2) is 0 Å². The summed E-state index contributed by atoms with van der Waals surface area (Å²) in [7, 11) is 1.65. The third-order valence-corrected chi connectivity index (χ3v) is 5.95. The zero-order valence-electron chi connectivity index (χ0n) is 16.5. The van der Waals surface area contributed by atoms with Gasteiger partial charge in [0.1, 0.15) is 11.5 Å². The number of nitrogens with zero attached hydrogens (tertiary/aromatic N) is 3. The summed E-state index contributed by atoms with van der Waals surface area (Å²) in [6, 6.07) is 7.78. The molecule has 2 heterocycles. The van der Waals surface area contributed by atoms with Crippen LogP contribution < -0.4 is 4.74 Å². The number of methoxy groups -OCH3 is 1. The van der Waals surface area contributed by atoms with Crippen LogP contribution in [0, 0.1) is 5.92 Å². The summed E-state index contributed by atoms with van der Waals surface area (Å²) >= 11 is 0. The van der Waals surface area contributed by atoms with Crippen LogP contribution in [0.1, 0.15) is 62.3 Å². The molecule has 2 fully saturated rings. The Kier molecular flexibility index (Phi) is 6.05. The number of hydrogen-bond donors (Lipinski definition) is 0. The number of carbonyl (C=O) groups excluding carboxylic acids is 1. The van der Waals surface area contributed by atoms with Gasteiger partial charge in [0.25, 0.3) is 0 Å². The summed E-state index contributed by atoms with van der Waals surface area (Å²) < 4.78 is 13.3. The lowest BCUT2D eigenvalue weighted by Crippen LogP contribution is -2.29. The fourth-order valence-corrected chi connectivity index (χ4v) is 4.39. The topological polar surface area (TPSA) is 66.2 Å². The third-order valence-electron chi connectivity index (χ3n) is 5.95. The van der Waals surface area contributed by atoms with Crippen LogP contribution in [0.3, 0.4) is 0 Å². The van der Waals surface area contributed by atoms with E-state index in [-0.39, 0.29) is 18.0 Å². The van der Waals surface area contributed by atoms with Crippen molar-refractivity contribution in [3.05, 3.63) is 41.7 Å². The molecule has 0 N–H and O–H groups in total. The van der Waals surface area contributed by atoms with Crippen LogP contribution >= 0.6 is 0 Å². The van der Waals surface area contributed by atoms with Crippen molar-refractivity contribution < 1.29 is 14.3 Å². The van der Waals surface area contributed by atoms with Crippen LogP contribution in [0.15, 0.2) is 30.5 Å². The van der Waals surface area contributed by atoms with E-state index in [0.29, 0.717) is 12.8 Å². The van der Waals surface area contributed by atoms with Gasteiger partial charge >= 0.3 is 0 Å². The number of Topliss-reactive ketones (excluding diaryl/α,β-unsaturated/α-hetero) is 1. The molecule has 2 atom stereocenters. The van der Waals surface area contributed by atoms with Gasteiger partial charge < -0.3 is 9.47 Å². The van der Waals surface area contributed by atoms with Crippen molar-refractivity contribution in [1.29, 1.82) is 0 Å². The van der Waals surface area contributed by atoms with Crippen LogP contribution in [-0.2, 0) is 22.5 Å². The van der Waals surface area contributed by atoms with Gasteiger partial charge in [0.05, 0.1) is 25.0 Å². The Labute approximate surface area is 166 Å². The highest BCUT2D eigenvalue weighted by Crippen LogP contribution is 2.32. The van der Waals surface area contributed by atoms with E-state index >= 15 is 0 Å². The van der Waals surface area contributed by atoms with Gasteiger partial charge in [0, 0.05) is 25.6 Å². The minimum Gasteiger partial charge on any atom is -0.497 e. The van der Waals surface area contributed by atoms with Crippen LogP contribution in [-0.4, -0.2) is 34.0 Å². The first-order chi connectivity index (χ1) is 13.7. The van der Waals surface area contributed by atoms with E-state index < -0.39 is 0 Å². The van der Waals surface area contributed by atoms with Gasteiger partial charge in [0.15, 0.2) is 0 Å². The summed E-state index contributed by atoms with van der Waals surface area (Å²) in [5.41, 5.74) is 2.11. The van der Waals surface area contributed by atoms with Crippen LogP contribution in [0.5, 0.6) is 5.75 Å². The van der Waals surface area contributed by atoms with Crippen LogP contribution in [0.25, 0.3) is 0 Å². The van der Waals surface area contributed by atoms with Crippen molar-refractivity contribution in [1.82, 2.24) is 15.0 Å². The second-order valence-electron chi connectivity index (χ2n) is 8.08. The van der Waals surface area contributed by atoms with Crippen LogP contribution in [0.4, 0.5) is 0 Å². The molecule has 1 saturated heterocycles. The molecular formula is C22H29N3O3. The number of aryl methyl sites for hydroxylation is 1. The zero-order chi connectivity index (χ0) is 19.3. The number of ether oxygens (including phenoxy) is 2. The molecule has 0 bridgehead atoms. The van der Waals surface area contributed by atoms with Gasteiger partial charge in [-0.3, -0.25) is 9.48 Å². The molecule has 28 heavy (non-hydrogen) atoms. The third kappa shape index (κ3) is 4.79. The maximum absolute atomic E-state index is 12.2. The Morgan fingerprint density at radius 1 is 1.18 bits per heavy atom. The largest absolute Gasteiger partial charge is 0.497 e. The lowest BCUT2D eigenvalue weighted by molar-refractivity contribution is -0.136. The van der Waals surface area contributed by atoms with Crippen molar-refractivity contribution in [2.45, 2.75) is 70.1 Å². The first kappa shape index (κ1) is 19.1. The monoisotopic (exact) mass is 383 g/mol. The Morgan fingerprint density at radius 2 is 1.96 bits per heavy atom. The molecule has 2 aromatic rings. The normalized spacial score (nSPS) is 23.2. The molecular weight excluding hydrogens is 354 g/mol. The number of benzene rings is 1. The summed E-state index contributed by atoms with van der Waals surface area (Å²) in [5, 5.41) is 8.60. The summed E-state index contributed by atoms with van der Waals surface area (Å²) in [6.07, 6.45) is 9.87. The maximum atomic E-state index is 12.2. The number of hydrogen-bond acceptors (Lipinski definition) is 5. The van der Waals surface area contributed by atoms with E-state index in [4.69, 9.17) is 9.47 Å². The van der Waals surface area contributed by atoms with Gasteiger partial charge in [-0.05, 0) is 36.5 Å². The molecule has 0 amide bonds. The fraction of sp³-hybridized carbons (Fsp3) is 0.591. The Morgan fingerprint density at radius 3 is 2.71 bits per heavy atom. The highest BCUT2D eigenvalue weighted by molar-refractivity contribution is 5.80. The molecule has 1 aromatic heterocycles. The predicted molar refractivity (Wildman–Crippen MR) is 105 cm³/mol. The molecule has 0 radical (unpaired) electrons.